The van der Waals surface area contributed by atoms with E-state index in [2.05, 4.69) is 10.3 Å². The van der Waals surface area contributed by atoms with Crippen molar-refractivity contribution in [1.82, 2.24) is 10.3 Å². The van der Waals surface area contributed by atoms with Crippen LogP contribution >= 0.6 is 0 Å². The lowest BCUT2D eigenvalue weighted by Gasteiger charge is -2.31. The summed E-state index contributed by atoms with van der Waals surface area (Å²) < 4.78 is 0. The van der Waals surface area contributed by atoms with Crippen LogP contribution in [0, 0.1) is 11.8 Å². The average molecular weight is 482 g/mol. The molecule has 2 aliphatic heterocycles. The molecule has 180 valence electrons. The Kier molecular flexibility index (Phi) is 4.94. The van der Waals surface area contributed by atoms with Crippen molar-refractivity contribution in [1.29, 1.82) is 0 Å². The molecule has 36 heavy (non-hydrogen) atoms. The lowest BCUT2D eigenvalue weighted by atomic mass is 9.76. The minimum Gasteiger partial charge on any atom is -0.508 e. The highest BCUT2D eigenvalue weighted by Crippen LogP contribution is 2.52. The number of H-pyrrole nitrogens is 1. The first-order valence-corrected chi connectivity index (χ1v) is 11.7. The third-order valence-electron chi connectivity index (χ3n) is 7.47. The van der Waals surface area contributed by atoms with Crippen LogP contribution in [0.3, 0.4) is 0 Å². The van der Waals surface area contributed by atoms with Crippen molar-refractivity contribution in [3.8, 4) is 5.75 Å². The number of anilines is 1. The van der Waals surface area contributed by atoms with Gasteiger partial charge in [-0.3, -0.25) is 19.7 Å². The number of carbonyl (C=O) groups excluding carboxylic acids is 2. The van der Waals surface area contributed by atoms with Crippen LogP contribution in [0.1, 0.15) is 17.2 Å². The van der Waals surface area contributed by atoms with Gasteiger partial charge in [-0.15, -0.1) is 0 Å². The first kappa shape index (κ1) is 22.1. The Morgan fingerprint density at radius 3 is 2.36 bits per heavy atom. The van der Waals surface area contributed by atoms with E-state index >= 15 is 0 Å². The summed E-state index contributed by atoms with van der Waals surface area (Å²) in [6, 6.07) is 21.7. The molecule has 8 nitrogen and oxygen atoms in total. The Bertz CT molecular complexity index is 1510. The highest BCUT2D eigenvalue weighted by atomic mass is 16.4. The number of aromatic nitrogens is 1. The number of hydrogen-bond donors (Lipinski definition) is 4. The second kappa shape index (κ2) is 8.07. The maximum atomic E-state index is 13.9. The number of nitrogens with zero attached hydrogens (tertiary/aromatic N) is 1. The van der Waals surface area contributed by atoms with E-state index in [1.807, 2.05) is 24.3 Å². The van der Waals surface area contributed by atoms with E-state index in [9.17, 15) is 24.6 Å². The molecule has 2 aliphatic rings. The van der Waals surface area contributed by atoms with E-state index in [1.54, 1.807) is 54.7 Å². The summed E-state index contributed by atoms with van der Waals surface area (Å²) in [6.07, 6.45) is 1.72. The van der Waals surface area contributed by atoms with E-state index in [4.69, 9.17) is 0 Å². The molecule has 2 saturated heterocycles. The molecule has 6 rings (SSSR count). The van der Waals surface area contributed by atoms with Crippen LogP contribution in [0.25, 0.3) is 10.9 Å². The van der Waals surface area contributed by atoms with Crippen molar-refractivity contribution in [2.75, 3.05) is 4.90 Å². The minimum absolute atomic E-state index is 0.0285. The van der Waals surface area contributed by atoms with Gasteiger partial charge in [-0.25, -0.2) is 4.90 Å². The van der Waals surface area contributed by atoms with Gasteiger partial charge in [-0.1, -0.05) is 54.6 Å². The zero-order valence-electron chi connectivity index (χ0n) is 19.1. The monoisotopic (exact) mass is 481 g/mol. The van der Waals surface area contributed by atoms with Gasteiger partial charge in [-0.2, -0.15) is 0 Å². The van der Waals surface area contributed by atoms with E-state index in [1.165, 1.54) is 6.07 Å². The molecule has 4 aromatic rings. The number of carbonyl (C=O) groups is 3. The standard InChI is InChI=1S/C28H23N3O5/c32-21-13-7-5-11-19(21)24-22-23(26(34)31(25(22)33)17-8-2-1-3-9-17)28(30-24,27(35)36)14-16-15-29-20-12-6-4-10-18(16)20/h1-13,15,22-24,29-30,32H,14H2,(H,35,36). The first-order chi connectivity index (χ1) is 17.4. The van der Waals surface area contributed by atoms with Gasteiger partial charge in [0.25, 0.3) is 0 Å². The number of fused-ring (bicyclic) bond motifs is 2. The Morgan fingerprint density at radius 1 is 0.917 bits per heavy atom. The molecule has 2 fully saturated rings. The molecule has 3 aromatic carbocycles. The first-order valence-electron chi connectivity index (χ1n) is 11.7. The van der Waals surface area contributed by atoms with Gasteiger partial charge in [0, 0.05) is 35.1 Å². The molecule has 0 spiro atoms. The zero-order valence-corrected chi connectivity index (χ0v) is 19.1. The van der Waals surface area contributed by atoms with E-state index in [-0.39, 0.29) is 12.2 Å². The molecule has 4 atom stereocenters. The highest BCUT2D eigenvalue weighted by Gasteiger charge is 2.69. The number of hydrogen-bond acceptors (Lipinski definition) is 5. The number of rotatable bonds is 5. The van der Waals surface area contributed by atoms with Gasteiger partial charge in [-0.05, 0) is 29.8 Å². The summed E-state index contributed by atoms with van der Waals surface area (Å²) in [5.41, 5.74) is 0.559. The molecular formula is C28H23N3O5. The molecule has 4 N–H and O–H groups in total. The molecule has 2 amide bonds. The fourth-order valence-corrected chi connectivity index (χ4v) is 5.87. The average Bonchev–Trinajstić information content (AvgIpc) is 3.52. The van der Waals surface area contributed by atoms with E-state index in [0.29, 0.717) is 11.3 Å². The van der Waals surface area contributed by atoms with Gasteiger partial charge in [0.1, 0.15) is 11.3 Å². The van der Waals surface area contributed by atoms with Gasteiger partial charge in [0.15, 0.2) is 0 Å². The Hall–Kier alpha value is -4.43. The minimum atomic E-state index is -1.78. The van der Waals surface area contributed by atoms with Crippen LogP contribution in [0.15, 0.2) is 85.1 Å². The van der Waals surface area contributed by atoms with Crippen LogP contribution < -0.4 is 10.2 Å². The van der Waals surface area contributed by atoms with E-state index in [0.717, 1.165) is 21.4 Å². The van der Waals surface area contributed by atoms with Crippen molar-refractivity contribution in [2.24, 2.45) is 11.8 Å². The lowest BCUT2D eigenvalue weighted by Crippen LogP contribution is -2.57. The second-order valence-corrected chi connectivity index (χ2v) is 9.34. The molecular weight excluding hydrogens is 458 g/mol. The number of amides is 2. The van der Waals surface area contributed by atoms with Crippen LogP contribution in [0.4, 0.5) is 5.69 Å². The number of aliphatic carboxylic acids is 1. The van der Waals surface area contributed by atoms with Crippen molar-refractivity contribution < 1.29 is 24.6 Å². The number of phenols is 1. The molecule has 0 bridgehead atoms. The van der Waals surface area contributed by atoms with Crippen LogP contribution in [-0.2, 0) is 20.8 Å². The molecule has 4 unspecified atom stereocenters. The normalized spacial score (nSPS) is 25.4. The predicted octanol–water partition coefficient (Wildman–Crippen LogP) is 3.39. The number of carboxylic acid groups (broad SMARTS) is 1. The van der Waals surface area contributed by atoms with Crippen molar-refractivity contribution in [3.05, 3.63) is 96.2 Å². The summed E-state index contributed by atoms with van der Waals surface area (Å²) in [5, 5.41) is 25.3. The number of para-hydroxylation sites is 3. The summed E-state index contributed by atoms with van der Waals surface area (Å²) >= 11 is 0. The third-order valence-corrected chi connectivity index (χ3v) is 7.47. The summed E-state index contributed by atoms with van der Waals surface area (Å²) in [5.74, 6) is -4.53. The maximum absolute atomic E-state index is 13.9. The van der Waals surface area contributed by atoms with Gasteiger partial charge in [0.05, 0.1) is 17.5 Å². The largest absolute Gasteiger partial charge is 0.508 e. The molecule has 0 aliphatic carbocycles. The van der Waals surface area contributed by atoms with E-state index < -0.39 is 41.2 Å². The van der Waals surface area contributed by atoms with Gasteiger partial charge < -0.3 is 15.2 Å². The quantitative estimate of drug-likeness (QED) is 0.324. The molecule has 0 saturated carbocycles. The fourth-order valence-electron chi connectivity index (χ4n) is 5.87. The smallest absolute Gasteiger partial charge is 0.325 e. The number of carboxylic acids is 1. The topological polar surface area (TPSA) is 123 Å². The van der Waals surface area contributed by atoms with Crippen LogP contribution in [0.2, 0.25) is 0 Å². The lowest BCUT2D eigenvalue weighted by molar-refractivity contribution is -0.148. The van der Waals surface area contributed by atoms with Crippen molar-refractivity contribution >= 4 is 34.4 Å². The molecule has 1 aromatic heterocycles. The second-order valence-electron chi connectivity index (χ2n) is 9.34. The molecule has 8 heteroatoms. The van der Waals surface area contributed by atoms with Crippen molar-refractivity contribution in [3.63, 3.8) is 0 Å². The number of benzene rings is 3. The van der Waals surface area contributed by atoms with Crippen LogP contribution in [-0.4, -0.2) is 38.5 Å². The fraction of sp³-hybridized carbons (Fsp3) is 0.179. The Labute approximate surface area is 206 Å². The van der Waals surface area contributed by atoms with Crippen molar-refractivity contribution in [2.45, 2.75) is 18.0 Å². The Morgan fingerprint density at radius 2 is 1.61 bits per heavy atom. The maximum Gasteiger partial charge on any atom is 0.325 e. The number of phenolic OH excluding ortho intramolecular Hbond substituents is 1. The van der Waals surface area contributed by atoms with Crippen LogP contribution in [0.5, 0.6) is 5.75 Å². The summed E-state index contributed by atoms with van der Waals surface area (Å²) in [4.78, 5) is 45.0. The molecule has 3 heterocycles. The Balaban J connectivity index is 1.53. The number of imide groups is 1. The van der Waals surface area contributed by atoms with Gasteiger partial charge in [0.2, 0.25) is 11.8 Å². The highest BCUT2D eigenvalue weighted by molar-refractivity contribution is 6.24. The summed E-state index contributed by atoms with van der Waals surface area (Å²) in [6.45, 7) is 0. The zero-order chi connectivity index (χ0) is 25.0. The molecule has 0 radical (unpaired) electrons. The third kappa shape index (κ3) is 3.08. The van der Waals surface area contributed by atoms with Gasteiger partial charge >= 0.3 is 5.97 Å². The SMILES string of the molecule is O=C1C2C(c3ccccc3O)NC(Cc3c[nH]c4ccccc34)(C(=O)O)C2C(=O)N1c1ccccc1. The number of aromatic amines is 1. The number of aromatic hydroxyl groups is 1. The summed E-state index contributed by atoms with van der Waals surface area (Å²) in [7, 11) is 0. The number of nitrogens with one attached hydrogen (secondary N) is 2. The predicted molar refractivity (Wildman–Crippen MR) is 132 cm³/mol.